The van der Waals surface area contributed by atoms with Gasteiger partial charge in [-0.05, 0) is 24.6 Å². The minimum atomic E-state index is -0.720. The Morgan fingerprint density at radius 1 is 1.36 bits per heavy atom. The van der Waals surface area contributed by atoms with E-state index in [0.717, 1.165) is 16.6 Å². The van der Waals surface area contributed by atoms with E-state index in [2.05, 4.69) is 5.92 Å². The van der Waals surface area contributed by atoms with Crippen LogP contribution in [0.2, 0.25) is 0 Å². The maximum Gasteiger partial charge on any atom is 0.257 e. The zero-order valence-electron chi connectivity index (χ0n) is 12.1. The number of aliphatic hydroxyl groups is 1. The Bertz CT molecular complexity index is 963. The van der Waals surface area contributed by atoms with E-state index in [9.17, 15) is 9.90 Å². The summed E-state index contributed by atoms with van der Waals surface area (Å²) in [6.07, 6.45) is 4.93. The topological polar surface area (TPSA) is 46.6 Å². The summed E-state index contributed by atoms with van der Waals surface area (Å²) in [5.74, 6) is 2.77. The number of hydrogen-bond acceptors (Lipinski definition) is 2. The Morgan fingerprint density at radius 2 is 2.05 bits per heavy atom. The Hall–Kier alpha value is -2.22. The predicted octanol–water partition coefficient (Wildman–Crippen LogP) is 2.14. The first kappa shape index (κ1) is 14.7. The van der Waals surface area contributed by atoms with E-state index in [1.807, 2.05) is 35.8 Å². The number of terminal acetylenes is 1. The molecule has 1 unspecified atom stereocenters. The van der Waals surface area contributed by atoms with Gasteiger partial charge in [0.2, 0.25) is 0 Å². The third kappa shape index (κ3) is 2.10. The van der Waals surface area contributed by atoms with Crippen LogP contribution in [0.15, 0.2) is 35.1 Å². The monoisotopic (exact) mass is 314 g/mol. The molecule has 0 saturated heterocycles. The molecule has 1 atom stereocenters. The molecule has 0 bridgehead atoms. The first-order chi connectivity index (χ1) is 10.6. The number of hydrogen-bond donors (Lipinski definition) is 1. The molecule has 4 nitrogen and oxygen atoms in total. The van der Waals surface area contributed by atoms with Crippen molar-refractivity contribution in [1.29, 1.82) is 0 Å². The molecule has 1 N–H and O–H groups in total. The second-order valence-corrected chi connectivity index (χ2v) is 5.56. The van der Waals surface area contributed by atoms with Crippen LogP contribution in [0.25, 0.3) is 16.7 Å². The number of nitrogens with zero attached hydrogens (tertiary/aromatic N) is 2. The van der Waals surface area contributed by atoms with Gasteiger partial charge in [0, 0.05) is 6.07 Å². The largest absolute Gasteiger partial charge is 0.390 e. The highest BCUT2D eigenvalue weighted by molar-refractivity contribution is 6.18. The van der Waals surface area contributed by atoms with Crippen molar-refractivity contribution >= 4 is 28.3 Å². The molecule has 2 aromatic heterocycles. The quantitative estimate of drug-likeness (QED) is 0.595. The first-order valence-corrected chi connectivity index (χ1v) is 7.46. The third-order valence-corrected chi connectivity index (χ3v) is 4.13. The second kappa shape index (κ2) is 5.53. The molecule has 0 aliphatic heterocycles. The lowest BCUT2D eigenvalue weighted by Gasteiger charge is -2.12. The van der Waals surface area contributed by atoms with E-state index in [-0.39, 0.29) is 18.0 Å². The van der Waals surface area contributed by atoms with Crippen LogP contribution in [0.5, 0.6) is 0 Å². The van der Waals surface area contributed by atoms with Gasteiger partial charge in [-0.1, -0.05) is 18.1 Å². The summed E-state index contributed by atoms with van der Waals surface area (Å²) < 4.78 is 3.46. The molecule has 3 aromatic rings. The minimum absolute atomic E-state index is 0.111. The summed E-state index contributed by atoms with van der Waals surface area (Å²) in [6.45, 7) is 2.09. The van der Waals surface area contributed by atoms with Crippen molar-refractivity contribution < 1.29 is 5.11 Å². The molecular weight excluding hydrogens is 300 g/mol. The molecule has 0 fully saturated rings. The van der Waals surface area contributed by atoms with Crippen molar-refractivity contribution in [2.45, 2.75) is 19.6 Å². The summed E-state index contributed by atoms with van der Waals surface area (Å²) in [6, 6.07) is 9.06. The Kier molecular flexibility index (Phi) is 3.69. The molecule has 0 amide bonds. The summed E-state index contributed by atoms with van der Waals surface area (Å²) >= 11 is 5.74. The molecule has 0 aliphatic rings. The standard InChI is InChI=1S/C17H15ClN2O2/c1-3-13-11(2)8-16(22)20-15-7-5-4-6-14(15)19(17(13)20)10-12(21)9-18/h1,4-8,12,21H,9-10H2,2H3. The van der Waals surface area contributed by atoms with Gasteiger partial charge in [0.1, 0.15) is 5.65 Å². The van der Waals surface area contributed by atoms with Gasteiger partial charge in [-0.2, -0.15) is 0 Å². The van der Waals surface area contributed by atoms with Gasteiger partial charge in [0.15, 0.2) is 0 Å². The fourth-order valence-electron chi connectivity index (χ4n) is 2.82. The number of rotatable bonds is 3. The Balaban J connectivity index is 2.54. The van der Waals surface area contributed by atoms with Crippen LogP contribution < -0.4 is 5.56 Å². The first-order valence-electron chi connectivity index (χ1n) is 6.92. The summed E-state index contributed by atoms with van der Waals surface area (Å²) in [5.41, 5.74) is 3.49. The molecule has 0 aliphatic carbocycles. The van der Waals surface area contributed by atoms with Crippen molar-refractivity contribution in [3.05, 3.63) is 51.8 Å². The minimum Gasteiger partial charge on any atom is -0.390 e. The van der Waals surface area contributed by atoms with E-state index in [0.29, 0.717) is 11.2 Å². The van der Waals surface area contributed by atoms with Crippen LogP contribution in [-0.2, 0) is 6.54 Å². The Labute approximate surface area is 132 Å². The number of pyridine rings is 1. The van der Waals surface area contributed by atoms with Gasteiger partial charge in [0.05, 0.1) is 35.1 Å². The lowest BCUT2D eigenvalue weighted by atomic mass is 10.1. The zero-order chi connectivity index (χ0) is 15.9. The summed E-state index contributed by atoms with van der Waals surface area (Å²) in [4.78, 5) is 12.4. The number of aryl methyl sites for hydroxylation is 1. The van der Waals surface area contributed by atoms with Gasteiger partial charge in [-0.15, -0.1) is 18.0 Å². The van der Waals surface area contributed by atoms with Crippen LogP contribution in [0.4, 0.5) is 0 Å². The lowest BCUT2D eigenvalue weighted by molar-refractivity contribution is 0.179. The molecule has 1 aromatic carbocycles. The molecule has 112 valence electrons. The highest BCUT2D eigenvalue weighted by Gasteiger charge is 2.18. The van der Waals surface area contributed by atoms with Crippen molar-refractivity contribution in [2.24, 2.45) is 0 Å². The Morgan fingerprint density at radius 3 is 2.68 bits per heavy atom. The normalized spacial score (nSPS) is 12.6. The highest BCUT2D eigenvalue weighted by Crippen LogP contribution is 2.23. The lowest BCUT2D eigenvalue weighted by Crippen LogP contribution is -2.20. The second-order valence-electron chi connectivity index (χ2n) is 5.25. The van der Waals surface area contributed by atoms with Gasteiger partial charge in [-0.3, -0.25) is 9.20 Å². The summed E-state index contributed by atoms with van der Waals surface area (Å²) in [7, 11) is 0. The van der Waals surface area contributed by atoms with E-state index in [1.165, 1.54) is 6.07 Å². The average Bonchev–Trinajstić information content (AvgIpc) is 2.83. The number of aromatic nitrogens is 2. The number of para-hydroxylation sites is 2. The maximum atomic E-state index is 12.4. The number of benzene rings is 1. The molecule has 5 heteroatoms. The molecule has 0 radical (unpaired) electrons. The van der Waals surface area contributed by atoms with E-state index < -0.39 is 6.10 Å². The van der Waals surface area contributed by atoms with Crippen LogP contribution in [0.3, 0.4) is 0 Å². The van der Waals surface area contributed by atoms with Gasteiger partial charge >= 0.3 is 0 Å². The third-order valence-electron chi connectivity index (χ3n) is 3.77. The molecule has 2 heterocycles. The summed E-state index contributed by atoms with van der Waals surface area (Å²) in [5, 5.41) is 9.96. The SMILES string of the molecule is C#Cc1c(C)cc(=O)n2c3ccccc3n(CC(O)CCl)c12. The van der Waals surface area contributed by atoms with E-state index >= 15 is 0 Å². The van der Waals surface area contributed by atoms with Crippen LogP contribution >= 0.6 is 11.6 Å². The molecule has 22 heavy (non-hydrogen) atoms. The van der Waals surface area contributed by atoms with Crippen LogP contribution in [0.1, 0.15) is 11.1 Å². The van der Waals surface area contributed by atoms with E-state index in [1.54, 1.807) is 4.40 Å². The maximum absolute atomic E-state index is 12.4. The van der Waals surface area contributed by atoms with Crippen LogP contribution in [0, 0.1) is 19.3 Å². The fraction of sp³-hybridized carbons (Fsp3) is 0.235. The number of imidazole rings is 1. The molecule has 0 saturated carbocycles. The van der Waals surface area contributed by atoms with Gasteiger partial charge in [-0.25, -0.2) is 0 Å². The predicted molar refractivity (Wildman–Crippen MR) is 88.6 cm³/mol. The molecule has 0 spiro atoms. The van der Waals surface area contributed by atoms with Gasteiger partial charge < -0.3 is 9.67 Å². The van der Waals surface area contributed by atoms with Crippen molar-refractivity contribution in [3.8, 4) is 12.3 Å². The van der Waals surface area contributed by atoms with Crippen molar-refractivity contribution in [1.82, 2.24) is 8.97 Å². The van der Waals surface area contributed by atoms with Crippen molar-refractivity contribution in [3.63, 3.8) is 0 Å². The zero-order valence-corrected chi connectivity index (χ0v) is 12.8. The number of fused-ring (bicyclic) bond motifs is 3. The number of alkyl halides is 1. The van der Waals surface area contributed by atoms with E-state index in [4.69, 9.17) is 18.0 Å². The van der Waals surface area contributed by atoms with Crippen LogP contribution in [-0.4, -0.2) is 26.1 Å². The van der Waals surface area contributed by atoms with Crippen molar-refractivity contribution in [2.75, 3.05) is 5.88 Å². The highest BCUT2D eigenvalue weighted by atomic mass is 35.5. The number of halogens is 1. The molecule has 3 rings (SSSR count). The molecular formula is C17H15ClN2O2. The number of aliphatic hydroxyl groups excluding tert-OH is 1. The average molecular weight is 315 g/mol. The smallest absolute Gasteiger partial charge is 0.257 e. The van der Waals surface area contributed by atoms with Gasteiger partial charge in [0.25, 0.3) is 5.56 Å². The fourth-order valence-corrected chi connectivity index (χ4v) is 2.92.